The molecule has 2 aliphatic rings. The number of ether oxygens (including phenoxy) is 1. The molecular weight excluding hydrogens is 316 g/mol. The van der Waals surface area contributed by atoms with Gasteiger partial charge in [-0.05, 0) is 54.2 Å². The Bertz CT molecular complexity index is 847. The molecule has 25 heavy (non-hydrogen) atoms. The molecule has 0 radical (unpaired) electrons. The molecule has 0 unspecified atom stereocenters. The molecule has 0 spiro atoms. The highest BCUT2D eigenvalue weighted by Gasteiger charge is 2.33. The van der Waals surface area contributed by atoms with E-state index in [1.54, 1.807) is 17.0 Å². The maximum Gasteiger partial charge on any atom is 0.260 e. The van der Waals surface area contributed by atoms with Crippen molar-refractivity contribution in [3.8, 4) is 0 Å². The van der Waals surface area contributed by atoms with Crippen molar-refractivity contribution in [2.75, 3.05) is 18.1 Å². The predicted octanol–water partition coefficient (Wildman–Crippen LogP) is 2.38. The number of benzene rings is 2. The number of carbonyl (C=O) groups is 2. The summed E-state index contributed by atoms with van der Waals surface area (Å²) in [6, 6.07) is 13.3. The lowest BCUT2D eigenvalue weighted by atomic mass is 9.94. The van der Waals surface area contributed by atoms with Crippen molar-refractivity contribution in [1.29, 1.82) is 0 Å². The minimum absolute atomic E-state index is 0.0417. The number of nitrogens with zero attached hydrogens (tertiary/aromatic N) is 1. The lowest BCUT2D eigenvalue weighted by Crippen LogP contribution is -2.41. The molecule has 2 aromatic rings. The third-order valence-corrected chi connectivity index (χ3v) is 4.97. The molecule has 0 saturated heterocycles. The van der Waals surface area contributed by atoms with Crippen LogP contribution in [0.2, 0.25) is 0 Å². The fourth-order valence-electron chi connectivity index (χ4n) is 3.72. The molecule has 128 valence electrons. The molecule has 5 nitrogen and oxygen atoms in total. The van der Waals surface area contributed by atoms with E-state index in [9.17, 15) is 9.59 Å². The van der Waals surface area contributed by atoms with Crippen LogP contribution >= 0.6 is 0 Å². The molecular formula is C20H20N2O3. The molecule has 2 aromatic carbocycles. The number of nitrogens with two attached hydrogens (primary N) is 1. The minimum atomic E-state index is -0.563. The average Bonchev–Trinajstić information content (AvgIpc) is 2.66. The highest BCUT2D eigenvalue weighted by Crippen LogP contribution is 2.34. The van der Waals surface area contributed by atoms with E-state index in [0.717, 1.165) is 36.1 Å². The quantitative estimate of drug-likeness (QED) is 0.915. The fraction of sp³-hybridized carbons (Fsp3) is 0.300. The van der Waals surface area contributed by atoms with Crippen molar-refractivity contribution in [3.63, 3.8) is 0 Å². The van der Waals surface area contributed by atoms with Crippen LogP contribution in [-0.4, -0.2) is 25.0 Å². The Kier molecular flexibility index (Phi) is 4.01. The molecule has 0 saturated carbocycles. The summed E-state index contributed by atoms with van der Waals surface area (Å²) in [5, 5.41) is 0. The zero-order chi connectivity index (χ0) is 17.4. The minimum Gasteiger partial charge on any atom is -0.366 e. The first-order chi connectivity index (χ1) is 12.1. The largest absolute Gasteiger partial charge is 0.366 e. The van der Waals surface area contributed by atoms with Crippen LogP contribution in [-0.2, 0) is 22.4 Å². The fourth-order valence-corrected chi connectivity index (χ4v) is 3.72. The summed E-state index contributed by atoms with van der Waals surface area (Å²) in [4.78, 5) is 26.4. The van der Waals surface area contributed by atoms with Gasteiger partial charge in [-0.25, -0.2) is 0 Å². The first kappa shape index (κ1) is 15.8. The van der Waals surface area contributed by atoms with Crippen LogP contribution in [0.15, 0.2) is 42.5 Å². The van der Waals surface area contributed by atoms with Crippen LogP contribution in [0.25, 0.3) is 0 Å². The van der Waals surface area contributed by atoms with Gasteiger partial charge in [0.25, 0.3) is 5.91 Å². The first-order valence-corrected chi connectivity index (χ1v) is 8.58. The van der Waals surface area contributed by atoms with Gasteiger partial charge in [-0.1, -0.05) is 24.3 Å². The van der Waals surface area contributed by atoms with Gasteiger partial charge in [0.2, 0.25) is 5.91 Å². The van der Waals surface area contributed by atoms with Crippen molar-refractivity contribution in [1.82, 2.24) is 0 Å². The number of rotatable bonds is 2. The third kappa shape index (κ3) is 2.81. The van der Waals surface area contributed by atoms with Crippen molar-refractivity contribution in [2.24, 2.45) is 5.73 Å². The lowest BCUT2D eigenvalue weighted by molar-refractivity contribution is -0.131. The van der Waals surface area contributed by atoms with Gasteiger partial charge in [0, 0.05) is 17.8 Å². The summed E-state index contributed by atoms with van der Waals surface area (Å²) >= 11 is 0. The summed E-state index contributed by atoms with van der Waals surface area (Å²) in [5.74, 6) is -0.490. The summed E-state index contributed by atoms with van der Waals surface area (Å²) in [6.45, 7) is 1.21. The van der Waals surface area contributed by atoms with Gasteiger partial charge in [-0.3, -0.25) is 9.59 Å². The van der Waals surface area contributed by atoms with Gasteiger partial charge in [0.15, 0.2) is 6.10 Å². The van der Waals surface area contributed by atoms with Crippen molar-refractivity contribution < 1.29 is 14.3 Å². The Morgan fingerprint density at radius 3 is 2.76 bits per heavy atom. The second-order valence-corrected chi connectivity index (χ2v) is 6.50. The maximum absolute atomic E-state index is 13.2. The number of carbonyl (C=O) groups excluding carboxylic acids is 2. The zero-order valence-corrected chi connectivity index (χ0v) is 13.9. The van der Waals surface area contributed by atoms with E-state index in [1.807, 2.05) is 24.3 Å². The van der Waals surface area contributed by atoms with Crippen LogP contribution in [0.5, 0.6) is 0 Å². The van der Waals surface area contributed by atoms with E-state index in [1.165, 1.54) is 5.56 Å². The smallest absolute Gasteiger partial charge is 0.260 e. The molecule has 0 bridgehead atoms. The molecule has 0 fully saturated rings. The number of aryl methyl sites for hydroxylation is 1. The van der Waals surface area contributed by atoms with Gasteiger partial charge < -0.3 is 15.4 Å². The van der Waals surface area contributed by atoms with E-state index in [0.29, 0.717) is 18.7 Å². The van der Waals surface area contributed by atoms with Gasteiger partial charge in [0.05, 0.1) is 6.61 Å². The molecule has 4 rings (SSSR count). The second-order valence-electron chi connectivity index (χ2n) is 6.50. The Labute approximate surface area is 146 Å². The number of amides is 2. The monoisotopic (exact) mass is 336 g/mol. The second kappa shape index (κ2) is 6.33. The molecule has 2 aliphatic heterocycles. The molecule has 0 aliphatic carbocycles. The number of anilines is 1. The van der Waals surface area contributed by atoms with E-state index in [2.05, 4.69) is 6.07 Å². The molecule has 5 heteroatoms. The van der Waals surface area contributed by atoms with Crippen LogP contribution in [0.1, 0.15) is 39.6 Å². The number of hydrogen-bond acceptors (Lipinski definition) is 3. The normalized spacial score (nSPS) is 19.0. The highest BCUT2D eigenvalue weighted by molar-refractivity contribution is 6.00. The van der Waals surface area contributed by atoms with Crippen LogP contribution in [0, 0.1) is 0 Å². The number of fused-ring (bicyclic) bond motifs is 2. The van der Waals surface area contributed by atoms with E-state index in [-0.39, 0.29) is 5.91 Å². The highest BCUT2D eigenvalue weighted by atomic mass is 16.5. The standard InChI is InChI=1S/C20H20N2O3/c21-19(23)15-7-8-17-14(12-15)5-3-10-22(17)20(24)18-16-6-2-1-4-13(16)9-11-25-18/h1-2,4,6-8,12,18H,3,5,9-11H2,(H2,21,23)/t18-/m1/s1. The lowest BCUT2D eigenvalue weighted by Gasteiger charge is -2.34. The Morgan fingerprint density at radius 2 is 1.92 bits per heavy atom. The van der Waals surface area contributed by atoms with E-state index in [4.69, 9.17) is 10.5 Å². The summed E-state index contributed by atoms with van der Waals surface area (Å²) in [5.41, 5.74) is 9.82. The van der Waals surface area contributed by atoms with Gasteiger partial charge in [0.1, 0.15) is 0 Å². The SMILES string of the molecule is NC(=O)c1ccc2c(c1)CCCN2C(=O)[C@@H]1OCCc2ccccc21. The van der Waals surface area contributed by atoms with E-state index >= 15 is 0 Å². The van der Waals surface area contributed by atoms with Crippen molar-refractivity contribution in [3.05, 3.63) is 64.7 Å². The van der Waals surface area contributed by atoms with E-state index < -0.39 is 12.0 Å². The maximum atomic E-state index is 13.2. The van der Waals surface area contributed by atoms with Crippen LogP contribution in [0.4, 0.5) is 5.69 Å². The zero-order valence-electron chi connectivity index (χ0n) is 13.9. The van der Waals surface area contributed by atoms with Gasteiger partial charge in [-0.15, -0.1) is 0 Å². The van der Waals surface area contributed by atoms with Crippen LogP contribution in [0.3, 0.4) is 0 Å². The Morgan fingerprint density at radius 1 is 1.08 bits per heavy atom. The van der Waals surface area contributed by atoms with Gasteiger partial charge in [-0.2, -0.15) is 0 Å². The Hall–Kier alpha value is -2.66. The molecule has 2 N–H and O–H groups in total. The Balaban J connectivity index is 1.68. The third-order valence-electron chi connectivity index (χ3n) is 4.97. The van der Waals surface area contributed by atoms with Crippen molar-refractivity contribution in [2.45, 2.75) is 25.4 Å². The van der Waals surface area contributed by atoms with Gasteiger partial charge >= 0.3 is 0 Å². The molecule has 0 aromatic heterocycles. The first-order valence-electron chi connectivity index (χ1n) is 8.58. The summed E-state index contributed by atoms with van der Waals surface area (Å²) < 4.78 is 5.83. The molecule has 2 amide bonds. The summed E-state index contributed by atoms with van der Waals surface area (Å²) in [6.07, 6.45) is 1.96. The number of primary amides is 1. The molecule has 1 atom stereocenters. The van der Waals surface area contributed by atoms with Crippen LogP contribution < -0.4 is 10.6 Å². The number of hydrogen-bond donors (Lipinski definition) is 1. The average molecular weight is 336 g/mol. The summed E-state index contributed by atoms with van der Waals surface area (Å²) in [7, 11) is 0. The topological polar surface area (TPSA) is 72.6 Å². The molecule has 2 heterocycles. The van der Waals surface area contributed by atoms with Crippen molar-refractivity contribution >= 4 is 17.5 Å². The predicted molar refractivity (Wildman–Crippen MR) is 94.5 cm³/mol.